The van der Waals surface area contributed by atoms with E-state index < -0.39 is 13.9 Å². The van der Waals surface area contributed by atoms with Gasteiger partial charge in [0.05, 0.1) is 33.0 Å². The predicted molar refractivity (Wildman–Crippen MR) is 118 cm³/mol. The Kier molecular flexibility index (Phi) is 9.43. The average molecular weight is 445 g/mol. The van der Waals surface area contributed by atoms with Crippen molar-refractivity contribution >= 4 is 7.82 Å². The first-order chi connectivity index (χ1) is 15.1. The third-order valence-electron chi connectivity index (χ3n) is 4.31. The highest BCUT2D eigenvalue weighted by molar-refractivity contribution is 7.48. The number of hydrogen-bond donors (Lipinski definition) is 1. The molecule has 164 valence electrons. The minimum Gasteiger partial charge on any atom is -0.388 e. The van der Waals surface area contributed by atoms with Crippen molar-refractivity contribution in [3.05, 3.63) is 108 Å². The van der Waals surface area contributed by atoms with E-state index in [4.69, 9.17) is 18.3 Å². The Hall–Kier alpha value is -2.31. The quantitative estimate of drug-likeness (QED) is 0.291. The highest BCUT2D eigenvalue weighted by atomic mass is 31.2. The summed E-state index contributed by atoms with van der Waals surface area (Å²) in [6, 6.07) is 28.3. The van der Waals surface area contributed by atoms with Crippen LogP contribution in [0.25, 0.3) is 0 Å². The number of phosphoric acid groups is 1. The Labute approximate surface area is 183 Å². The van der Waals surface area contributed by atoms with Gasteiger partial charge in [0.2, 0.25) is 0 Å². The SMILES string of the molecule is O=P(OCc1ccccc1)(OCc1ccccc1)O[13CH2][13CH](O)[13CH2]OCc1ccccc1. The van der Waals surface area contributed by atoms with Crippen LogP contribution < -0.4 is 0 Å². The summed E-state index contributed by atoms with van der Waals surface area (Å²) in [7, 11) is -3.91. The van der Waals surface area contributed by atoms with Crippen LogP contribution >= 0.6 is 7.82 Å². The summed E-state index contributed by atoms with van der Waals surface area (Å²) in [6.07, 6.45) is -0.974. The van der Waals surface area contributed by atoms with Crippen molar-refractivity contribution in [3.63, 3.8) is 0 Å². The van der Waals surface area contributed by atoms with Gasteiger partial charge in [0, 0.05) is 0 Å². The molecular formula is C24H27O6P. The summed E-state index contributed by atoms with van der Waals surface area (Å²) < 4.78 is 35.1. The summed E-state index contributed by atoms with van der Waals surface area (Å²) in [5.74, 6) is 0. The molecular weight excluding hydrogens is 418 g/mol. The Balaban J connectivity index is 1.51. The van der Waals surface area contributed by atoms with E-state index in [1.807, 2.05) is 91.0 Å². The molecule has 0 fully saturated rings. The number of aliphatic hydroxyl groups is 1. The van der Waals surface area contributed by atoms with Crippen molar-refractivity contribution in [2.75, 3.05) is 13.2 Å². The van der Waals surface area contributed by atoms with Gasteiger partial charge in [-0.25, -0.2) is 4.57 Å². The van der Waals surface area contributed by atoms with Gasteiger partial charge in [-0.1, -0.05) is 91.0 Å². The van der Waals surface area contributed by atoms with Crippen LogP contribution in [0.4, 0.5) is 0 Å². The predicted octanol–water partition coefficient (Wildman–Crippen LogP) is 5.12. The lowest BCUT2D eigenvalue weighted by atomic mass is 10.2. The summed E-state index contributed by atoms with van der Waals surface area (Å²) in [5, 5.41) is 10.2. The summed E-state index contributed by atoms with van der Waals surface area (Å²) >= 11 is 0. The lowest BCUT2D eigenvalue weighted by Crippen LogP contribution is -2.21. The topological polar surface area (TPSA) is 74.2 Å². The van der Waals surface area contributed by atoms with E-state index in [1.165, 1.54) is 0 Å². The molecule has 0 saturated carbocycles. The summed E-state index contributed by atoms with van der Waals surface area (Å²) in [5.41, 5.74) is 2.67. The number of ether oxygens (including phenoxy) is 1. The molecule has 1 atom stereocenters. The maximum Gasteiger partial charge on any atom is 0.475 e. The molecule has 0 aliphatic heterocycles. The summed E-state index contributed by atoms with van der Waals surface area (Å²) in [6.45, 7) is 0.285. The first-order valence-corrected chi connectivity index (χ1v) is 11.5. The van der Waals surface area contributed by atoms with E-state index in [-0.39, 0.29) is 26.4 Å². The van der Waals surface area contributed by atoms with E-state index in [0.717, 1.165) is 16.7 Å². The summed E-state index contributed by atoms with van der Waals surface area (Å²) in [4.78, 5) is 0. The molecule has 0 saturated heterocycles. The number of aliphatic hydroxyl groups excluding tert-OH is 1. The van der Waals surface area contributed by atoms with Crippen LogP contribution in [0.15, 0.2) is 91.0 Å². The lowest BCUT2D eigenvalue weighted by molar-refractivity contribution is -0.00701. The van der Waals surface area contributed by atoms with E-state index in [9.17, 15) is 9.67 Å². The Morgan fingerprint density at radius 3 is 1.48 bits per heavy atom. The number of hydrogen-bond acceptors (Lipinski definition) is 6. The molecule has 0 aliphatic rings. The Bertz CT molecular complexity index is 873. The largest absolute Gasteiger partial charge is 0.475 e. The zero-order valence-electron chi connectivity index (χ0n) is 17.2. The second kappa shape index (κ2) is 12.5. The van der Waals surface area contributed by atoms with Crippen LogP contribution in [0.3, 0.4) is 0 Å². The zero-order valence-corrected chi connectivity index (χ0v) is 18.1. The molecule has 0 aliphatic carbocycles. The number of rotatable bonds is 13. The Morgan fingerprint density at radius 1 is 0.613 bits per heavy atom. The smallest absolute Gasteiger partial charge is 0.388 e. The third-order valence-corrected chi connectivity index (χ3v) is 5.67. The van der Waals surface area contributed by atoms with Crippen LogP contribution in [-0.4, -0.2) is 24.4 Å². The van der Waals surface area contributed by atoms with E-state index in [0.29, 0.717) is 6.61 Å². The zero-order chi connectivity index (χ0) is 21.8. The minimum absolute atomic E-state index is 0.0340. The lowest BCUT2D eigenvalue weighted by Gasteiger charge is -2.20. The van der Waals surface area contributed by atoms with Gasteiger partial charge in [0.15, 0.2) is 0 Å². The van der Waals surface area contributed by atoms with E-state index in [2.05, 4.69) is 0 Å². The van der Waals surface area contributed by atoms with Gasteiger partial charge in [-0.15, -0.1) is 0 Å². The molecule has 1 unspecified atom stereocenters. The van der Waals surface area contributed by atoms with Crippen LogP contribution in [0.2, 0.25) is 0 Å². The molecule has 0 aromatic heterocycles. The van der Waals surface area contributed by atoms with Gasteiger partial charge >= 0.3 is 7.82 Å². The van der Waals surface area contributed by atoms with Crippen LogP contribution in [0.5, 0.6) is 0 Å². The highest BCUT2D eigenvalue weighted by Crippen LogP contribution is 2.51. The fraction of sp³-hybridized carbons (Fsp3) is 0.250. The van der Waals surface area contributed by atoms with Gasteiger partial charge < -0.3 is 9.84 Å². The average Bonchev–Trinajstić information content (AvgIpc) is 2.82. The first kappa shape index (κ1) is 23.4. The van der Waals surface area contributed by atoms with Gasteiger partial charge in [-0.3, -0.25) is 13.6 Å². The van der Waals surface area contributed by atoms with Crippen molar-refractivity contribution in [1.82, 2.24) is 0 Å². The van der Waals surface area contributed by atoms with Crippen molar-refractivity contribution in [3.8, 4) is 0 Å². The van der Waals surface area contributed by atoms with Crippen LogP contribution in [0.1, 0.15) is 16.7 Å². The van der Waals surface area contributed by atoms with Crippen LogP contribution in [0, 0.1) is 0 Å². The van der Waals surface area contributed by atoms with Gasteiger partial charge in [0.25, 0.3) is 0 Å². The number of phosphoric ester groups is 1. The monoisotopic (exact) mass is 445 g/mol. The molecule has 6 nitrogen and oxygen atoms in total. The second-order valence-electron chi connectivity index (χ2n) is 6.92. The van der Waals surface area contributed by atoms with Crippen molar-refractivity contribution in [2.24, 2.45) is 0 Å². The standard InChI is InChI=1S/C24H27O6P/c25-24(19-27-16-21-10-4-1-5-11-21)20-30-31(26,28-17-22-12-6-2-7-13-22)29-18-23-14-8-3-9-15-23/h1-15,24-25H,16-20H2/i19+1,20+1,24+1. The maximum absolute atomic E-state index is 13.1. The third kappa shape index (κ3) is 8.75. The first-order valence-electron chi connectivity index (χ1n) is 10.0. The Morgan fingerprint density at radius 2 is 1.03 bits per heavy atom. The van der Waals surface area contributed by atoms with Gasteiger partial charge in [-0.05, 0) is 16.7 Å². The second-order valence-corrected chi connectivity index (χ2v) is 8.58. The highest BCUT2D eigenvalue weighted by Gasteiger charge is 2.28. The molecule has 7 heteroatoms. The minimum atomic E-state index is -3.91. The molecule has 0 radical (unpaired) electrons. The van der Waals surface area contributed by atoms with Crippen molar-refractivity contribution in [2.45, 2.75) is 25.9 Å². The van der Waals surface area contributed by atoms with E-state index in [1.54, 1.807) is 0 Å². The molecule has 0 bridgehead atoms. The molecule has 0 spiro atoms. The van der Waals surface area contributed by atoms with Gasteiger partial charge in [0.1, 0.15) is 6.10 Å². The van der Waals surface area contributed by atoms with E-state index >= 15 is 0 Å². The molecule has 3 rings (SSSR count). The molecule has 3 aromatic carbocycles. The molecule has 0 heterocycles. The molecule has 1 N–H and O–H groups in total. The van der Waals surface area contributed by atoms with Crippen molar-refractivity contribution < 1.29 is 28.0 Å². The molecule has 31 heavy (non-hydrogen) atoms. The number of benzene rings is 3. The van der Waals surface area contributed by atoms with Crippen molar-refractivity contribution in [1.29, 1.82) is 0 Å². The fourth-order valence-electron chi connectivity index (χ4n) is 2.68. The normalized spacial score (nSPS) is 12.5. The molecule has 3 aromatic rings. The van der Waals surface area contributed by atoms with Gasteiger partial charge in [-0.2, -0.15) is 0 Å². The molecule has 0 amide bonds. The van der Waals surface area contributed by atoms with Crippen LogP contribution in [-0.2, 0) is 42.7 Å². The fourth-order valence-corrected chi connectivity index (χ4v) is 3.87. The maximum atomic E-state index is 13.1.